The second-order valence-corrected chi connectivity index (χ2v) is 4.29. The lowest BCUT2D eigenvalue weighted by molar-refractivity contribution is -0.127. The highest BCUT2D eigenvalue weighted by Crippen LogP contribution is 2.21. The van der Waals surface area contributed by atoms with E-state index >= 15 is 0 Å². The molecule has 1 aliphatic rings. The summed E-state index contributed by atoms with van der Waals surface area (Å²) >= 11 is 5.85. The number of benzene rings is 1. The third-order valence-corrected chi connectivity index (χ3v) is 3.02. The minimum absolute atomic E-state index is 0.0195. The van der Waals surface area contributed by atoms with Gasteiger partial charge in [-0.05, 0) is 30.5 Å². The fourth-order valence-corrected chi connectivity index (χ4v) is 2.03. The summed E-state index contributed by atoms with van der Waals surface area (Å²) in [6.45, 7) is 0.646. The van der Waals surface area contributed by atoms with Gasteiger partial charge in [-0.3, -0.25) is 4.79 Å². The number of hydrogen-bond donors (Lipinski definition) is 0. The summed E-state index contributed by atoms with van der Waals surface area (Å²) in [5.41, 5.74) is 0.656. The number of ether oxygens (including phenoxy) is 1. The van der Waals surface area contributed by atoms with E-state index in [2.05, 4.69) is 0 Å². The summed E-state index contributed by atoms with van der Waals surface area (Å²) in [6, 6.07) is 4.08. The molecule has 0 N–H and O–H groups in total. The summed E-state index contributed by atoms with van der Waals surface area (Å²) in [4.78, 5) is 11.8. The number of carbonyl (C=O) groups is 1. The van der Waals surface area contributed by atoms with E-state index in [9.17, 15) is 9.18 Å². The van der Waals surface area contributed by atoms with E-state index in [1.54, 1.807) is 6.07 Å². The van der Waals surface area contributed by atoms with E-state index in [0.29, 0.717) is 17.2 Å². The van der Waals surface area contributed by atoms with Crippen LogP contribution in [0.2, 0.25) is 5.02 Å². The molecule has 0 amide bonds. The molecule has 86 valence electrons. The van der Waals surface area contributed by atoms with Gasteiger partial charge in [0.2, 0.25) is 0 Å². The zero-order valence-corrected chi connectivity index (χ0v) is 9.47. The highest BCUT2D eigenvalue weighted by Gasteiger charge is 2.23. The van der Waals surface area contributed by atoms with Gasteiger partial charge in [0.1, 0.15) is 11.9 Å². The molecule has 1 aliphatic heterocycles. The van der Waals surface area contributed by atoms with Crippen molar-refractivity contribution in [2.24, 2.45) is 0 Å². The van der Waals surface area contributed by atoms with E-state index < -0.39 is 5.82 Å². The van der Waals surface area contributed by atoms with E-state index in [-0.39, 0.29) is 18.3 Å². The molecule has 0 radical (unpaired) electrons. The molecule has 1 aromatic carbocycles. The standard InChI is InChI=1S/C12H12ClFO2/c13-10-7-9(14)4-3-8(10)6-11(15)12-2-1-5-16-12/h3-4,7,12H,1-2,5-6H2. The average Bonchev–Trinajstić information content (AvgIpc) is 2.75. The maximum absolute atomic E-state index is 12.8. The molecule has 0 aliphatic carbocycles. The van der Waals surface area contributed by atoms with E-state index in [0.717, 1.165) is 12.8 Å². The highest BCUT2D eigenvalue weighted by atomic mass is 35.5. The summed E-state index contributed by atoms with van der Waals surface area (Å²) in [7, 11) is 0. The first kappa shape index (κ1) is 11.6. The topological polar surface area (TPSA) is 26.3 Å². The predicted octanol–water partition coefficient (Wildman–Crippen LogP) is 2.77. The lowest BCUT2D eigenvalue weighted by Gasteiger charge is -2.09. The minimum Gasteiger partial charge on any atom is -0.370 e. The van der Waals surface area contributed by atoms with Gasteiger partial charge in [0.15, 0.2) is 5.78 Å². The normalized spacial score (nSPS) is 20.0. The van der Waals surface area contributed by atoms with Crippen molar-refractivity contribution in [2.45, 2.75) is 25.4 Å². The van der Waals surface area contributed by atoms with Crippen LogP contribution in [-0.2, 0) is 16.0 Å². The SMILES string of the molecule is O=C(Cc1ccc(F)cc1Cl)C1CCCO1. The molecule has 1 saturated heterocycles. The van der Waals surface area contributed by atoms with Crippen LogP contribution in [-0.4, -0.2) is 18.5 Å². The molecular weight excluding hydrogens is 231 g/mol. The molecule has 1 aromatic rings. The molecule has 2 nitrogen and oxygen atoms in total. The maximum Gasteiger partial charge on any atom is 0.165 e. The number of rotatable bonds is 3. The summed E-state index contributed by atoms with van der Waals surface area (Å²) in [5, 5.41) is 0.298. The van der Waals surface area contributed by atoms with Crippen LogP contribution in [0.15, 0.2) is 18.2 Å². The van der Waals surface area contributed by atoms with Gasteiger partial charge in [-0.1, -0.05) is 17.7 Å². The molecule has 1 fully saturated rings. The second kappa shape index (κ2) is 4.93. The van der Waals surface area contributed by atoms with Crippen molar-refractivity contribution in [2.75, 3.05) is 6.61 Å². The van der Waals surface area contributed by atoms with E-state index in [1.807, 2.05) is 0 Å². The third-order valence-electron chi connectivity index (χ3n) is 2.67. The number of carbonyl (C=O) groups excluding carboxylic acids is 1. The Hall–Kier alpha value is -0.930. The molecule has 1 heterocycles. The number of ketones is 1. The van der Waals surface area contributed by atoms with Crippen molar-refractivity contribution < 1.29 is 13.9 Å². The Morgan fingerprint density at radius 2 is 2.38 bits per heavy atom. The molecule has 0 bridgehead atoms. The van der Waals surface area contributed by atoms with Crippen molar-refractivity contribution in [3.63, 3.8) is 0 Å². The summed E-state index contributed by atoms with van der Waals surface area (Å²) in [6.07, 6.45) is 1.61. The van der Waals surface area contributed by atoms with Crippen LogP contribution in [0.1, 0.15) is 18.4 Å². The van der Waals surface area contributed by atoms with Gasteiger partial charge in [0.05, 0.1) is 0 Å². The Bertz CT molecular complexity index is 400. The monoisotopic (exact) mass is 242 g/mol. The second-order valence-electron chi connectivity index (χ2n) is 3.88. The number of hydrogen-bond acceptors (Lipinski definition) is 2. The first-order valence-electron chi connectivity index (χ1n) is 5.25. The number of halogens is 2. The van der Waals surface area contributed by atoms with Crippen LogP contribution in [0.3, 0.4) is 0 Å². The van der Waals surface area contributed by atoms with Crippen LogP contribution >= 0.6 is 11.6 Å². The molecular formula is C12H12ClFO2. The Labute approximate surface area is 98.4 Å². The number of Topliss-reactive ketones (excluding diaryl/α,β-unsaturated/α-hetero) is 1. The van der Waals surface area contributed by atoms with Crippen molar-refractivity contribution in [3.05, 3.63) is 34.6 Å². The predicted molar refractivity (Wildman–Crippen MR) is 59.1 cm³/mol. The van der Waals surface area contributed by atoms with Crippen LogP contribution in [0, 0.1) is 5.82 Å². The van der Waals surface area contributed by atoms with Gasteiger partial charge < -0.3 is 4.74 Å². The molecule has 1 atom stereocenters. The fourth-order valence-electron chi connectivity index (χ4n) is 1.80. The molecule has 2 rings (SSSR count). The van der Waals surface area contributed by atoms with Crippen molar-refractivity contribution in [1.29, 1.82) is 0 Å². The lowest BCUT2D eigenvalue weighted by atomic mass is 10.0. The van der Waals surface area contributed by atoms with E-state index in [4.69, 9.17) is 16.3 Å². The van der Waals surface area contributed by atoms with Crippen LogP contribution in [0.5, 0.6) is 0 Å². The fraction of sp³-hybridized carbons (Fsp3) is 0.417. The molecule has 1 unspecified atom stereocenters. The third kappa shape index (κ3) is 2.60. The molecule has 0 spiro atoms. The van der Waals surface area contributed by atoms with Gasteiger partial charge in [0.25, 0.3) is 0 Å². The molecule has 16 heavy (non-hydrogen) atoms. The van der Waals surface area contributed by atoms with Gasteiger partial charge >= 0.3 is 0 Å². The van der Waals surface area contributed by atoms with Crippen molar-refractivity contribution >= 4 is 17.4 Å². The van der Waals surface area contributed by atoms with Crippen LogP contribution in [0.4, 0.5) is 4.39 Å². The zero-order valence-electron chi connectivity index (χ0n) is 8.71. The zero-order chi connectivity index (χ0) is 11.5. The van der Waals surface area contributed by atoms with Gasteiger partial charge in [0, 0.05) is 18.1 Å². The van der Waals surface area contributed by atoms with E-state index in [1.165, 1.54) is 12.1 Å². The van der Waals surface area contributed by atoms with Gasteiger partial charge in [-0.25, -0.2) is 4.39 Å². The van der Waals surface area contributed by atoms with Crippen LogP contribution < -0.4 is 0 Å². The first-order chi connectivity index (χ1) is 7.66. The quantitative estimate of drug-likeness (QED) is 0.815. The largest absolute Gasteiger partial charge is 0.370 e. The Morgan fingerprint density at radius 3 is 3.00 bits per heavy atom. The lowest BCUT2D eigenvalue weighted by Crippen LogP contribution is -2.21. The smallest absolute Gasteiger partial charge is 0.165 e. The van der Waals surface area contributed by atoms with Gasteiger partial charge in [-0.15, -0.1) is 0 Å². The highest BCUT2D eigenvalue weighted by molar-refractivity contribution is 6.31. The summed E-state index contributed by atoms with van der Waals surface area (Å²) < 4.78 is 18.1. The molecule has 0 saturated carbocycles. The summed E-state index contributed by atoms with van der Waals surface area (Å²) in [5.74, 6) is -0.371. The van der Waals surface area contributed by atoms with Crippen molar-refractivity contribution in [3.8, 4) is 0 Å². The molecule has 4 heteroatoms. The van der Waals surface area contributed by atoms with Gasteiger partial charge in [-0.2, -0.15) is 0 Å². The average molecular weight is 243 g/mol. The Kier molecular flexibility index (Phi) is 3.56. The Balaban J connectivity index is 2.05. The van der Waals surface area contributed by atoms with Crippen molar-refractivity contribution in [1.82, 2.24) is 0 Å². The first-order valence-corrected chi connectivity index (χ1v) is 5.63. The Morgan fingerprint density at radius 1 is 1.56 bits per heavy atom. The minimum atomic E-state index is -0.390. The molecule has 0 aromatic heterocycles. The maximum atomic E-state index is 12.8. The van der Waals surface area contributed by atoms with Crippen LogP contribution in [0.25, 0.3) is 0 Å².